The summed E-state index contributed by atoms with van der Waals surface area (Å²) in [4.78, 5) is 19.9. The van der Waals surface area contributed by atoms with E-state index in [2.05, 4.69) is 59.0 Å². The quantitative estimate of drug-likeness (QED) is 0.285. The van der Waals surface area contributed by atoms with Gasteiger partial charge in [0.15, 0.2) is 5.82 Å². The van der Waals surface area contributed by atoms with Crippen LogP contribution < -0.4 is 4.74 Å². The van der Waals surface area contributed by atoms with E-state index in [9.17, 15) is 0 Å². The number of thiophene rings is 1. The van der Waals surface area contributed by atoms with Gasteiger partial charge in [0.25, 0.3) is 0 Å². The van der Waals surface area contributed by atoms with Crippen molar-refractivity contribution >= 4 is 33.3 Å². The van der Waals surface area contributed by atoms with Crippen LogP contribution in [0, 0.1) is 0 Å². The predicted octanol–water partition coefficient (Wildman–Crippen LogP) is 5.77. The van der Waals surface area contributed by atoms with Crippen molar-refractivity contribution < 1.29 is 4.74 Å². The fourth-order valence-corrected chi connectivity index (χ4v) is 5.64. The van der Waals surface area contributed by atoms with Crippen LogP contribution in [-0.4, -0.2) is 61.3 Å². The molecule has 0 aliphatic carbocycles. The standard InChI is InChI=1S/C28H25N7OS/c1-2-8-35(7-1)9-10-36-20-12-19(14-29-15-20)24-13-22-25(16-30-24)33-34-27(22)28-31-23-5-3-4-21(26(23)32-28)18-6-11-37-17-18/h3-6,11-17H,1-2,7-10H2,(H,31,32)(H,33,34). The summed E-state index contributed by atoms with van der Waals surface area (Å²) in [6.07, 6.45) is 7.95. The van der Waals surface area contributed by atoms with Crippen molar-refractivity contribution in [3.63, 3.8) is 0 Å². The van der Waals surface area contributed by atoms with Crippen molar-refractivity contribution in [3.05, 3.63) is 65.7 Å². The molecule has 0 radical (unpaired) electrons. The Kier molecular flexibility index (Phi) is 5.64. The average molecular weight is 508 g/mol. The first-order chi connectivity index (χ1) is 18.3. The van der Waals surface area contributed by atoms with Crippen LogP contribution in [0.15, 0.2) is 65.7 Å². The van der Waals surface area contributed by atoms with Crippen LogP contribution >= 0.6 is 11.3 Å². The van der Waals surface area contributed by atoms with Gasteiger partial charge in [-0.05, 0) is 66.5 Å². The summed E-state index contributed by atoms with van der Waals surface area (Å²) in [5.41, 5.74) is 7.51. The maximum absolute atomic E-state index is 6.01. The Morgan fingerprint density at radius 2 is 1.95 bits per heavy atom. The molecule has 1 aromatic carbocycles. The van der Waals surface area contributed by atoms with Crippen LogP contribution in [0.4, 0.5) is 0 Å². The van der Waals surface area contributed by atoms with E-state index >= 15 is 0 Å². The van der Waals surface area contributed by atoms with E-state index in [4.69, 9.17) is 9.72 Å². The predicted molar refractivity (Wildman–Crippen MR) is 147 cm³/mol. The van der Waals surface area contributed by atoms with Gasteiger partial charge in [-0.3, -0.25) is 20.0 Å². The number of hydrogen-bond acceptors (Lipinski definition) is 7. The summed E-state index contributed by atoms with van der Waals surface area (Å²) in [5, 5.41) is 12.9. The molecule has 5 aromatic heterocycles. The van der Waals surface area contributed by atoms with E-state index in [1.165, 1.54) is 31.5 Å². The fourth-order valence-electron chi connectivity index (χ4n) is 4.99. The minimum absolute atomic E-state index is 0.656. The number of rotatable bonds is 7. The molecule has 6 heterocycles. The number of imidazole rings is 1. The summed E-state index contributed by atoms with van der Waals surface area (Å²) < 4.78 is 6.01. The van der Waals surface area contributed by atoms with Gasteiger partial charge in [0.1, 0.15) is 18.1 Å². The highest BCUT2D eigenvalue weighted by molar-refractivity contribution is 7.08. The van der Waals surface area contributed by atoms with Crippen molar-refractivity contribution in [2.75, 3.05) is 26.2 Å². The largest absolute Gasteiger partial charge is 0.491 e. The van der Waals surface area contributed by atoms with Crippen molar-refractivity contribution in [1.82, 2.24) is 35.0 Å². The van der Waals surface area contributed by atoms with Crippen LogP contribution in [-0.2, 0) is 0 Å². The Morgan fingerprint density at radius 1 is 1.00 bits per heavy atom. The number of nitrogens with one attached hydrogen (secondary N) is 2. The van der Waals surface area contributed by atoms with Gasteiger partial charge in [0.2, 0.25) is 0 Å². The molecule has 0 amide bonds. The van der Waals surface area contributed by atoms with Crippen LogP contribution in [0.1, 0.15) is 12.8 Å². The first-order valence-electron chi connectivity index (χ1n) is 12.5. The van der Waals surface area contributed by atoms with E-state index in [0.29, 0.717) is 6.61 Å². The summed E-state index contributed by atoms with van der Waals surface area (Å²) in [5.74, 6) is 1.47. The number of aromatic nitrogens is 6. The number of ether oxygens (including phenoxy) is 1. The third-order valence-corrected chi connectivity index (χ3v) is 7.58. The third kappa shape index (κ3) is 4.26. The number of benzene rings is 1. The van der Waals surface area contributed by atoms with Gasteiger partial charge < -0.3 is 9.72 Å². The Morgan fingerprint density at radius 3 is 2.84 bits per heavy atom. The van der Waals surface area contributed by atoms with Crippen molar-refractivity contribution in [1.29, 1.82) is 0 Å². The van der Waals surface area contributed by atoms with Gasteiger partial charge in [-0.2, -0.15) is 16.4 Å². The fraction of sp³-hybridized carbons (Fsp3) is 0.214. The van der Waals surface area contributed by atoms with Gasteiger partial charge in [0.05, 0.1) is 34.6 Å². The molecule has 0 unspecified atom stereocenters. The maximum Gasteiger partial charge on any atom is 0.159 e. The average Bonchev–Trinajstić information content (AvgIpc) is 3.74. The second-order valence-electron chi connectivity index (χ2n) is 9.29. The number of hydrogen-bond donors (Lipinski definition) is 2. The molecule has 0 saturated carbocycles. The minimum atomic E-state index is 0.656. The number of nitrogens with zero attached hydrogens (tertiary/aromatic N) is 5. The Balaban J connectivity index is 1.20. The Hall–Kier alpha value is -4.08. The zero-order valence-corrected chi connectivity index (χ0v) is 21.0. The monoisotopic (exact) mass is 507 g/mol. The van der Waals surface area contributed by atoms with Crippen LogP contribution in [0.5, 0.6) is 5.75 Å². The SMILES string of the molecule is c1cc(-c2ccsc2)c2nc(-c3n[nH]c4cnc(-c5cncc(OCCN6CCCC6)c5)cc34)[nH]c2c1. The van der Waals surface area contributed by atoms with Gasteiger partial charge >= 0.3 is 0 Å². The molecule has 0 spiro atoms. The highest BCUT2D eigenvalue weighted by atomic mass is 32.1. The first kappa shape index (κ1) is 22.1. The number of H-pyrrole nitrogens is 2. The Labute approximate surface area is 217 Å². The van der Waals surface area contributed by atoms with Gasteiger partial charge in [-0.1, -0.05) is 12.1 Å². The molecule has 2 N–H and O–H groups in total. The summed E-state index contributed by atoms with van der Waals surface area (Å²) >= 11 is 1.68. The molecule has 0 atom stereocenters. The Bertz CT molecular complexity index is 1680. The van der Waals surface area contributed by atoms with E-state index in [1.54, 1.807) is 17.5 Å². The highest BCUT2D eigenvalue weighted by Gasteiger charge is 2.17. The molecule has 1 aliphatic heterocycles. The second kappa shape index (κ2) is 9.42. The lowest BCUT2D eigenvalue weighted by molar-refractivity contribution is 0.237. The first-order valence-corrected chi connectivity index (χ1v) is 13.4. The lowest BCUT2D eigenvalue weighted by Crippen LogP contribution is -2.25. The zero-order chi connectivity index (χ0) is 24.6. The van der Waals surface area contributed by atoms with E-state index in [-0.39, 0.29) is 0 Å². The number of pyridine rings is 2. The molecular weight excluding hydrogens is 482 g/mol. The topological polar surface area (TPSA) is 95.6 Å². The van der Waals surface area contributed by atoms with Gasteiger partial charge in [0, 0.05) is 29.3 Å². The molecule has 6 aromatic rings. The molecule has 9 heteroatoms. The lowest BCUT2D eigenvalue weighted by atomic mass is 10.1. The summed E-state index contributed by atoms with van der Waals surface area (Å²) in [6, 6.07) is 12.4. The number of fused-ring (bicyclic) bond motifs is 2. The molecular formula is C28H25N7OS. The second-order valence-corrected chi connectivity index (χ2v) is 10.1. The normalized spacial score (nSPS) is 14.2. The molecule has 1 aliphatic rings. The highest BCUT2D eigenvalue weighted by Crippen LogP contribution is 2.33. The van der Waals surface area contributed by atoms with E-state index < -0.39 is 0 Å². The molecule has 1 saturated heterocycles. The molecule has 8 nitrogen and oxygen atoms in total. The van der Waals surface area contributed by atoms with Crippen LogP contribution in [0.25, 0.3) is 55.8 Å². The molecule has 37 heavy (non-hydrogen) atoms. The lowest BCUT2D eigenvalue weighted by Gasteiger charge is -2.15. The van der Waals surface area contributed by atoms with Crippen molar-refractivity contribution in [3.8, 4) is 39.7 Å². The maximum atomic E-state index is 6.01. The van der Waals surface area contributed by atoms with E-state index in [0.717, 1.165) is 62.6 Å². The third-order valence-electron chi connectivity index (χ3n) is 6.90. The van der Waals surface area contributed by atoms with Gasteiger partial charge in [-0.15, -0.1) is 0 Å². The molecule has 1 fully saturated rings. The smallest absolute Gasteiger partial charge is 0.159 e. The number of para-hydroxylation sites is 1. The van der Waals surface area contributed by atoms with Crippen LogP contribution in [0.2, 0.25) is 0 Å². The number of likely N-dealkylation sites (tertiary alicyclic amines) is 1. The summed E-state index contributed by atoms with van der Waals surface area (Å²) in [6.45, 7) is 3.93. The van der Waals surface area contributed by atoms with Crippen molar-refractivity contribution in [2.45, 2.75) is 12.8 Å². The summed E-state index contributed by atoms with van der Waals surface area (Å²) in [7, 11) is 0. The van der Waals surface area contributed by atoms with Crippen molar-refractivity contribution in [2.24, 2.45) is 0 Å². The minimum Gasteiger partial charge on any atom is -0.491 e. The van der Waals surface area contributed by atoms with Gasteiger partial charge in [-0.25, -0.2) is 4.98 Å². The zero-order valence-electron chi connectivity index (χ0n) is 20.1. The molecule has 7 rings (SSSR count). The molecule has 184 valence electrons. The molecule has 0 bridgehead atoms. The van der Waals surface area contributed by atoms with E-state index in [1.807, 2.05) is 30.6 Å². The van der Waals surface area contributed by atoms with Crippen LogP contribution in [0.3, 0.4) is 0 Å². The number of aromatic amines is 2.